The Morgan fingerprint density at radius 3 is 2.57 bits per heavy atom. The first-order chi connectivity index (χ1) is 13.4. The van der Waals surface area contributed by atoms with Gasteiger partial charge in [0.1, 0.15) is 0 Å². The Morgan fingerprint density at radius 2 is 1.93 bits per heavy atom. The second-order valence-corrected chi connectivity index (χ2v) is 7.66. The maximum atomic E-state index is 12.2. The van der Waals surface area contributed by atoms with E-state index in [0.29, 0.717) is 13.0 Å². The van der Waals surface area contributed by atoms with Crippen molar-refractivity contribution >= 4 is 11.9 Å². The molecule has 1 aromatic rings. The molecule has 0 unspecified atom stereocenters. The molecular formula is C24H31NO3. The van der Waals surface area contributed by atoms with Gasteiger partial charge in [-0.3, -0.25) is 4.79 Å². The Balaban J connectivity index is 1.89. The van der Waals surface area contributed by atoms with E-state index in [2.05, 4.69) is 45.1 Å². The predicted octanol–water partition coefficient (Wildman–Crippen LogP) is 5.17. The van der Waals surface area contributed by atoms with Crippen molar-refractivity contribution in [1.82, 2.24) is 4.90 Å². The minimum atomic E-state index is -0.921. The highest BCUT2D eigenvalue weighted by molar-refractivity contribution is 5.87. The fraction of sp³-hybridized carbons (Fsp3) is 0.417. The normalized spacial score (nSPS) is 17.4. The molecule has 1 heterocycles. The Kier molecular flexibility index (Phi) is 8.24. The highest BCUT2D eigenvalue weighted by atomic mass is 16.4. The average Bonchev–Trinajstić information content (AvgIpc) is 2.99. The number of aromatic carboxylic acids is 1. The summed E-state index contributed by atoms with van der Waals surface area (Å²) in [6.07, 6.45) is 12.9. The van der Waals surface area contributed by atoms with E-state index in [9.17, 15) is 9.59 Å². The Bertz CT molecular complexity index is 768. The van der Waals surface area contributed by atoms with Gasteiger partial charge in [-0.15, -0.1) is 0 Å². The van der Waals surface area contributed by atoms with Gasteiger partial charge in [0.2, 0.25) is 5.91 Å². The van der Waals surface area contributed by atoms with E-state index < -0.39 is 5.97 Å². The zero-order valence-electron chi connectivity index (χ0n) is 17.1. The van der Waals surface area contributed by atoms with E-state index in [-0.39, 0.29) is 17.5 Å². The van der Waals surface area contributed by atoms with Gasteiger partial charge in [-0.05, 0) is 64.2 Å². The number of hydrogen-bond acceptors (Lipinski definition) is 2. The maximum Gasteiger partial charge on any atom is 0.335 e. The third-order valence-corrected chi connectivity index (χ3v) is 5.02. The van der Waals surface area contributed by atoms with Crippen molar-refractivity contribution in [3.63, 3.8) is 0 Å². The molecule has 28 heavy (non-hydrogen) atoms. The van der Waals surface area contributed by atoms with Gasteiger partial charge in [0.05, 0.1) is 11.6 Å². The summed E-state index contributed by atoms with van der Waals surface area (Å²) in [4.78, 5) is 25.1. The van der Waals surface area contributed by atoms with Crippen molar-refractivity contribution in [3.05, 3.63) is 70.8 Å². The lowest BCUT2D eigenvalue weighted by Gasteiger charge is -2.22. The van der Waals surface area contributed by atoms with Crippen LogP contribution in [0.4, 0.5) is 0 Å². The number of likely N-dealkylation sites (tertiary alicyclic amines) is 1. The zero-order valence-corrected chi connectivity index (χ0v) is 17.1. The van der Waals surface area contributed by atoms with Crippen LogP contribution in [-0.4, -0.2) is 34.5 Å². The van der Waals surface area contributed by atoms with Gasteiger partial charge >= 0.3 is 5.97 Å². The van der Waals surface area contributed by atoms with Crippen LogP contribution in [-0.2, 0) is 11.2 Å². The first-order valence-electron chi connectivity index (χ1n) is 9.96. The number of carbonyl (C=O) groups is 2. The van der Waals surface area contributed by atoms with E-state index in [1.165, 1.54) is 11.1 Å². The average molecular weight is 382 g/mol. The second-order valence-electron chi connectivity index (χ2n) is 7.66. The quantitative estimate of drug-likeness (QED) is 0.474. The Hall–Kier alpha value is -2.62. The highest BCUT2D eigenvalue weighted by Crippen LogP contribution is 2.21. The van der Waals surface area contributed by atoms with Crippen LogP contribution >= 0.6 is 0 Å². The van der Waals surface area contributed by atoms with E-state index in [1.54, 1.807) is 12.1 Å². The molecule has 1 aliphatic rings. The van der Waals surface area contributed by atoms with Gasteiger partial charge in [0.25, 0.3) is 0 Å². The Labute approximate surface area is 168 Å². The molecule has 4 nitrogen and oxygen atoms in total. The van der Waals surface area contributed by atoms with Crippen LogP contribution in [0.3, 0.4) is 0 Å². The van der Waals surface area contributed by atoms with Crippen molar-refractivity contribution in [2.45, 2.75) is 58.9 Å². The van der Waals surface area contributed by atoms with E-state index in [4.69, 9.17) is 5.11 Å². The van der Waals surface area contributed by atoms with Gasteiger partial charge in [-0.2, -0.15) is 0 Å². The molecule has 1 fully saturated rings. The minimum Gasteiger partial charge on any atom is -0.478 e. The van der Waals surface area contributed by atoms with Crippen LogP contribution in [0.25, 0.3) is 0 Å². The molecule has 0 spiro atoms. The maximum absolute atomic E-state index is 12.2. The number of benzene rings is 1. The van der Waals surface area contributed by atoms with Crippen LogP contribution in [0.2, 0.25) is 0 Å². The number of carbonyl (C=O) groups excluding carboxylic acids is 1. The predicted molar refractivity (Wildman–Crippen MR) is 113 cm³/mol. The smallest absolute Gasteiger partial charge is 0.335 e. The molecule has 4 heteroatoms. The van der Waals surface area contributed by atoms with Crippen LogP contribution in [0, 0.1) is 0 Å². The number of hydrogen-bond donors (Lipinski definition) is 1. The lowest BCUT2D eigenvalue weighted by atomic mass is 10.1. The monoisotopic (exact) mass is 381 g/mol. The lowest BCUT2D eigenvalue weighted by molar-refractivity contribution is -0.128. The minimum absolute atomic E-state index is 0.146. The number of carboxylic acid groups (broad SMARTS) is 1. The first-order valence-corrected chi connectivity index (χ1v) is 9.96. The number of amides is 1. The number of rotatable bonds is 9. The van der Waals surface area contributed by atoms with Crippen LogP contribution in [0.15, 0.2) is 59.7 Å². The second kappa shape index (κ2) is 10.6. The summed E-state index contributed by atoms with van der Waals surface area (Å²) in [6.45, 7) is 7.03. The van der Waals surface area contributed by atoms with Gasteiger partial charge in [0.15, 0.2) is 0 Å². The zero-order chi connectivity index (χ0) is 20.5. The molecule has 1 aliphatic heterocycles. The fourth-order valence-electron chi connectivity index (χ4n) is 3.33. The Morgan fingerprint density at radius 1 is 1.21 bits per heavy atom. The third kappa shape index (κ3) is 6.84. The fourth-order valence-corrected chi connectivity index (χ4v) is 3.33. The van der Waals surface area contributed by atoms with E-state index in [0.717, 1.165) is 31.2 Å². The van der Waals surface area contributed by atoms with Gasteiger partial charge in [-0.25, -0.2) is 4.79 Å². The first kappa shape index (κ1) is 21.7. The summed E-state index contributed by atoms with van der Waals surface area (Å²) in [5.41, 5.74) is 4.01. The van der Waals surface area contributed by atoms with Crippen molar-refractivity contribution in [2.75, 3.05) is 6.54 Å². The molecule has 2 rings (SSSR count). The van der Waals surface area contributed by atoms with E-state index >= 15 is 0 Å². The number of carboxylic acids is 1. The van der Waals surface area contributed by atoms with Gasteiger partial charge < -0.3 is 10.0 Å². The summed E-state index contributed by atoms with van der Waals surface area (Å²) in [6, 6.07) is 7.03. The van der Waals surface area contributed by atoms with Crippen LogP contribution < -0.4 is 0 Å². The van der Waals surface area contributed by atoms with Gasteiger partial charge in [0, 0.05) is 13.0 Å². The van der Waals surface area contributed by atoms with Crippen molar-refractivity contribution in [1.29, 1.82) is 0 Å². The van der Waals surface area contributed by atoms with Gasteiger partial charge in [-0.1, -0.05) is 47.6 Å². The van der Waals surface area contributed by atoms with Crippen LogP contribution in [0.5, 0.6) is 0 Å². The van der Waals surface area contributed by atoms with Crippen LogP contribution in [0.1, 0.15) is 62.4 Å². The van der Waals surface area contributed by atoms with Crippen molar-refractivity contribution in [3.8, 4) is 0 Å². The molecule has 0 aliphatic carbocycles. The number of allylic oxidation sites excluding steroid dienone is 5. The topological polar surface area (TPSA) is 57.6 Å². The standard InChI is InChI=1S/C24H31NO3/c1-18(2)6-4-7-19(3)8-5-9-22-14-15-23(26)25(22)17-16-20-10-12-21(13-11-20)24(27)28/h5-6,8-13,22H,4,7,14-17H2,1-3H3,(H,27,28)/b9-5+,19-8+/t22-/m0/s1. The lowest BCUT2D eigenvalue weighted by Crippen LogP contribution is -2.33. The molecule has 1 saturated heterocycles. The summed E-state index contributed by atoms with van der Waals surface area (Å²) in [5.74, 6) is -0.725. The molecular weight excluding hydrogens is 350 g/mol. The van der Waals surface area contributed by atoms with Crippen molar-refractivity contribution in [2.24, 2.45) is 0 Å². The third-order valence-electron chi connectivity index (χ3n) is 5.02. The van der Waals surface area contributed by atoms with E-state index in [1.807, 2.05) is 17.0 Å². The molecule has 0 bridgehead atoms. The molecule has 1 aromatic carbocycles. The number of nitrogens with zero attached hydrogens (tertiary/aromatic N) is 1. The van der Waals surface area contributed by atoms with Crippen molar-refractivity contribution < 1.29 is 14.7 Å². The summed E-state index contributed by atoms with van der Waals surface area (Å²) >= 11 is 0. The molecule has 0 aromatic heterocycles. The molecule has 0 saturated carbocycles. The summed E-state index contributed by atoms with van der Waals surface area (Å²) < 4.78 is 0. The summed E-state index contributed by atoms with van der Waals surface area (Å²) in [7, 11) is 0. The molecule has 1 atom stereocenters. The SMILES string of the molecule is CC(C)=CCC/C(C)=C/C=C/[C@H]1CCC(=O)N1CCc1ccc(C(=O)O)cc1. The summed E-state index contributed by atoms with van der Waals surface area (Å²) in [5, 5.41) is 8.97. The molecule has 1 amide bonds. The molecule has 0 radical (unpaired) electrons. The largest absolute Gasteiger partial charge is 0.478 e. The highest BCUT2D eigenvalue weighted by Gasteiger charge is 2.28. The molecule has 1 N–H and O–H groups in total. The molecule has 150 valence electrons.